The van der Waals surface area contributed by atoms with Crippen molar-refractivity contribution in [2.24, 2.45) is 11.8 Å². The van der Waals surface area contributed by atoms with E-state index in [4.69, 9.17) is 4.74 Å². The molecule has 0 spiro atoms. The molecule has 1 saturated carbocycles. The van der Waals surface area contributed by atoms with Crippen molar-refractivity contribution in [1.82, 2.24) is 5.32 Å². The maximum Gasteiger partial charge on any atom is 0.352 e. The topological polar surface area (TPSA) is 75.6 Å². The standard InChI is InChI=1S/C25H28BrNO4/c1-2-5-17-8-12-19(13-9-17)24(28)27-22(25(29)30)16-18-10-14-20(15-11-18)31-23-7-4-3-6-21(23)26/h3-4,6-7,10-11,14-17,19H,2,5,8-9,12-13H2,1H3,(H,27,28)(H,29,30)/b22-16-. The number of hydrogen-bond acceptors (Lipinski definition) is 3. The average Bonchev–Trinajstić information content (AvgIpc) is 2.76. The van der Waals surface area contributed by atoms with Gasteiger partial charge in [-0.15, -0.1) is 0 Å². The molecule has 1 fully saturated rings. The van der Waals surface area contributed by atoms with E-state index in [-0.39, 0.29) is 17.5 Å². The van der Waals surface area contributed by atoms with E-state index in [0.717, 1.165) is 30.2 Å². The van der Waals surface area contributed by atoms with Crippen LogP contribution in [-0.4, -0.2) is 17.0 Å². The molecule has 2 N–H and O–H groups in total. The van der Waals surface area contributed by atoms with Gasteiger partial charge in [-0.1, -0.05) is 44.0 Å². The molecule has 0 heterocycles. The van der Waals surface area contributed by atoms with E-state index >= 15 is 0 Å². The minimum atomic E-state index is -1.15. The summed E-state index contributed by atoms with van der Waals surface area (Å²) in [6.07, 6.45) is 7.57. The molecule has 0 aliphatic heterocycles. The Labute approximate surface area is 191 Å². The van der Waals surface area contributed by atoms with E-state index in [0.29, 0.717) is 23.0 Å². The summed E-state index contributed by atoms with van der Waals surface area (Å²) in [7, 11) is 0. The Bertz CT molecular complexity index is 931. The number of para-hydroxylation sites is 1. The van der Waals surface area contributed by atoms with Crippen molar-refractivity contribution in [3.63, 3.8) is 0 Å². The molecule has 0 saturated heterocycles. The molecule has 0 atom stereocenters. The highest BCUT2D eigenvalue weighted by molar-refractivity contribution is 9.10. The minimum Gasteiger partial charge on any atom is -0.477 e. The van der Waals surface area contributed by atoms with Crippen LogP contribution in [0.1, 0.15) is 51.0 Å². The van der Waals surface area contributed by atoms with Crippen LogP contribution in [-0.2, 0) is 9.59 Å². The van der Waals surface area contributed by atoms with Gasteiger partial charge in [-0.25, -0.2) is 4.79 Å². The van der Waals surface area contributed by atoms with Gasteiger partial charge in [-0.3, -0.25) is 4.79 Å². The number of aliphatic carboxylic acids is 1. The van der Waals surface area contributed by atoms with Crippen LogP contribution in [0.5, 0.6) is 11.5 Å². The Morgan fingerprint density at radius 1 is 1.10 bits per heavy atom. The third kappa shape index (κ3) is 6.69. The first-order valence-corrected chi connectivity index (χ1v) is 11.5. The fraction of sp³-hybridized carbons (Fsp3) is 0.360. The largest absolute Gasteiger partial charge is 0.477 e. The van der Waals surface area contributed by atoms with Gasteiger partial charge in [0.1, 0.15) is 17.2 Å². The van der Waals surface area contributed by atoms with Crippen molar-refractivity contribution in [3.05, 3.63) is 64.3 Å². The van der Waals surface area contributed by atoms with Gasteiger partial charge in [0.15, 0.2) is 0 Å². The monoisotopic (exact) mass is 485 g/mol. The maximum atomic E-state index is 12.6. The summed E-state index contributed by atoms with van der Waals surface area (Å²) in [5.41, 5.74) is 0.559. The van der Waals surface area contributed by atoms with Crippen molar-refractivity contribution in [2.75, 3.05) is 0 Å². The molecular formula is C25H28BrNO4. The van der Waals surface area contributed by atoms with Crippen molar-refractivity contribution in [3.8, 4) is 11.5 Å². The zero-order valence-corrected chi connectivity index (χ0v) is 19.2. The smallest absolute Gasteiger partial charge is 0.352 e. The molecule has 0 bridgehead atoms. The van der Waals surface area contributed by atoms with Gasteiger partial charge < -0.3 is 15.2 Å². The SMILES string of the molecule is CCCC1CCC(C(=O)N/C(=C\c2ccc(Oc3ccccc3Br)cc2)C(=O)O)CC1. The number of halogens is 1. The number of amides is 1. The molecule has 2 aromatic carbocycles. The summed E-state index contributed by atoms with van der Waals surface area (Å²) < 4.78 is 6.68. The van der Waals surface area contributed by atoms with Crippen LogP contribution in [0.4, 0.5) is 0 Å². The Kier molecular flexibility index (Phi) is 8.29. The van der Waals surface area contributed by atoms with Crippen LogP contribution in [0.15, 0.2) is 58.7 Å². The molecule has 5 nitrogen and oxygen atoms in total. The van der Waals surface area contributed by atoms with Crippen LogP contribution in [0.2, 0.25) is 0 Å². The molecule has 3 rings (SSSR count). The first-order valence-electron chi connectivity index (χ1n) is 10.7. The van der Waals surface area contributed by atoms with Gasteiger partial charge in [0.05, 0.1) is 4.47 Å². The quantitative estimate of drug-likeness (QED) is 0.424. The second-order valence-electron chi connectivity index (χ2n) is 7.96. The lowest BCUT2D eigenvalue weighted by atomic mass is 9.80. The number of benzene rings is 2. The molecule has 0 radical (unpaired) electrons. The number of carboxylic acids is 1. The van der Waals surface area contributed by atoms with E-state index in [9.17, 15) is 14.7 Å². The molecule has 164 valence electrons. The number of hydrogen-bond donors (Lipinski definition) is 2. The molecule has 2 aromatic rings. The van der Waals surface area contributed by atoms with Gasteiger partial charge in [0.25, 0.3) is 0 Å². The van der Waals surface area contributed by atoms with Crippen molar-refractivity contribution in [2.45, 2.75) is 45.4 Å². The van der Waals surface area contributed by atoms with E-state index in [2.05, 4.69) is 28.2 Å². The van der Waals surface area contributed by atoms with Gasteiger partial charge in [-0.05, 0) is 83.4 Å². The first kappa shape index (κ1) is 23.1. The highest BCUT2D eigenvalue weighted by Crippen LogP contribution is 2.32. The number of carboxylic acid groups (broad SMARTS) is 1. The van der Waals surface area contributed by atoms with E-state index in [1.807, 2.05) is 24.3 Å². The zero-order chi connectivity index (χ0) is 22.2. The van der Waals surface area contributed by atoms with Crippen LogP contribution in [0.25, 0.3) is 6.08 Å². The Balaban J connectivity index is 1.63. The van der Waals surface area contributed by atoms with Gasteiger partial charge >= 0.3 is 5.97 Å². The van der Waals surface area contributed by atoms with Crippen LogP contribution in [0, 0.1) is 11.8 Å². The van der Waals surface area contributed by atoms with E-state index < -0.39 is 5.97 Å². The molecular weight excluding hydrogens is 458 g/mol. The molecule has 1 aliphatic carbocycles. The van der Waals surface area contributed by atoms with E-state index in [1.54, 1.807) is 24.3 Å². The van der Waals surface area contributed by atoms with Crippen LogP contribution < -0.4 is 10.1 Å². The highest BCUT2D eigenvalue weighted by Gasteiger charge is 2.27. The summed E-state index contributed by atoms with van der Waals surface area (Å²) in [5.74, 6) is 0.558. The second kappa shape index (κ2) is 11.1. The molecule has 0 aromatic heterocycles. The van der Waals surface area contributed by atoms with Crippen molar-refractivity contribution in [1.29, 1.82) is 0 Å². The first-order chi connectivity index (χ1) is 15.0. The van der Waals surface area contributed by atoms with Crippen LogP contribution in [0.3, 0.4) is 0 Å². The predicted octanol–water partition coefficient (Wildman–Crippen LogP) is 6.39. The lowest BCUT2D eigenvalue weighted by molar-refractivity contribution is -0.135. The summed E-state index contributed by atoms with van der Waals surface area (Å²) in [6, 6.07) is 14.6. The average molecular weight is 486 g/mol. The molecule has 0 unspecified atom stereocenters. The summed E-state index contributed by atoms with van der Waals surface area (Å²) >= 11 is 3.44. The Morgan fingerprint density at radius 2 is 1.77 bits per heavy atom. The fourth-order valence-corrected chi connectivity index (χ4v) is 4.33. The fourth-order valence-electron chi connectivity index (χ4n) is 3.96. The summed E-state index contributed by atoms with van der Waals surface area (Å²) in [5, 5.41) is 12.2. The third-order valence-corrected chi connectivity index (χ3v) is 6.31. The minimum absolute atomic E-state index is 0.111. The van der Waals surface area contributed by atoms with Crippen LogP contribution >= 0.6 is 15.9 Å². The number of ether oxygens (including phenoxy) is 1. The maximum absolute atomic E-state index is 12.6. The lowest BCUT2D eigenvalue weighted by Gasteiger charge is -2.27. The zero-order valence-electron chi connectivity index (χ0n) is 17.6. The summed E-state index contributed by atoms with van der Waals surface area (Å²) in [4.78, 5) is 24.3. The normalized spacial score (nSPS) is 19.0. The molecule has 1 aliphatic rings. The van der Waals surface area contributed by atoms with Gasteiger partial charge in [0, 0.05) is 5.92 Å². The Morgan fingerprint density at radius 3 is 2.39 bits per heavy atom. The molecule has 6 heteroatoms. The third-order valence-electron chi connectivity index (χ3n) is 5.66. The summed E-state index contributed by atoms with van der Waals surface area (Å²) in [6.45, 7) is 2.18. The van der Waals surface area contributed by atoms with Crippen molar-refractivity contribution < 1.29 is 19.4 Å². The lowest BCUT2D eigenvalue weighted by Crippen LogP contribution is -2.34. The molecule has 31 heavy (non-hydrogen) atoms. The Hall–Kier alpha value is -2.60. The van der Waals surface area contributed by atoms with E-state index in [1.165, 1.54) is 18.9 Å². The highest BCUT2D eigenvalue weighted by atomic mass is 79.9. The van der Waals surface area contributed by atoms with Crippen molar-refractivity contribution >= 4 is 33.9 Å². The number of rotatable bonds is 8. The number of nitrogens with one attached hydrogen (secondary N) is 1. The van der Waals surface area contributed by atoms with Gasteiger partial charge in [-0.2, -0.15) is 0 Å². The number of carbonyl (C=O) groups is 2. The molecule has 1 amide bonds. The second-order valence-corrected chi connectivity index (χ2v) is 8.81. The predicted molar refractivity (Wildman–Crippen MR) is 125 cm³/mol. The van der Waals surface area contributed by atoms with Gasteiger partial charge in [0.2, 0.25) is 5.91 Å². The number of carbonyl (C=O) groups excluding carboxylic acids is 1.